The van der Waals surface area contributed by atoms with Crippen LogP contribution >= 0.6 is 23.2 Å². The van der Waals surface area contributed by atoms with Crippen molar-refractivity contribution >= 4 is 50.3 Å². The summed E-state index contributed by atoms with van der Waals surface area (Å²) in [5, 5.41) is 1.12. The van der Waals surface area contributed by atoms with Crippen molar-refractivity contribution < 1.29 is 22.3 Å². The van der Waals surface area contributed by atoms with Crippen molar-refractivity contribution in [2.24, 2.45) is 5.92 Å². The number of sulfonamides is 1. The Labute approximate surface area is 263 Å². The molecule has 0 heterocycles. The van der Waals surface area contributed by atoms with E-state index in [1.807, 2.05) is 30.3 Å². The summed E-state index contributed by atoms with van der Waals surface area (Å²) in [7, 11) is -3.69. The highest BCUT2D eigenvalue weighted by molar-refractivity contribution is 7.89. The van der Waals surface area contributed by atoms with Crippen LogP contribution < -0.4 is 9.46 Å². The topological polar surface area (TPSA) is 72.5 Å². The first-order valence-electron chi connectivity index (χ1n) is 14.8. The maximum absolute atomic E-state index is 12.7. The van der Waals surface area contributed by atoms with Gasteiger partial charge in [-0.2, -0.15) is 0 Å². The second kappa shape index (κ2) is 13.8. The molecule has 1 amide bonds. The molecule has 0 bridgehead atoms. The molecular weight excluding hydrogens is 608 g/mol. The van der Waals surface area contributed by atoms with Crippen LogP contribution in [-0.2, 0) is 16.4 Å². The van der Waals surface area contributed by atoms with E-state index >= 15 is 0 Å². The lowest BCUT2D eigenvalue weighted by molar-refractivity contribution is 0.0981. The first-order valence-corrected chi connectivity index (χ1v) is 17.4. The Morgan fingerprint density at radius 2 is 1.74 bits per heavy atom. The lowest BCUT2D eigenvalue weighted by Crippen LogP contribution is -2.29. The Morgan fingerprint density at radius 1 is 0.977 bits per heavy atom. The van der Waals surface area contributed by atoms with E-state index in [4.69, 9.17) is 27.9 Å². The summed E-state index contributed by atoms with van der Waals surface area (Å²) in [6.45, 7) is -0.245. The van der Waals surface area contributed by atoms with Crippen molar-refractivity contribution in [3.8, 4) is 5.75 Å². The fourth-order valence-electron chi connectivity index (χ4n) is 6.31. The molecule has 3 aromatic rings. The van der Waals surface area contributed by atoms with E-state index in [-0.39, 0.29) is 12.8 Å². The Hall–Kier alpha value is -2.87. The number of halogens is 3. The van der Waals surface area contributed by atoms with Crippen molar-refractivity contribution in [2.75, 3.05) is 12.9 Å². The fourth-order valence-corrected chi connectivity index (χ4v) is 7.29. The lowest BCUT2D eigenvalue weighted by Gasteiger charge is -2.19. The lowest BCUT2D eigenvalue weighted by atomic mass is 9.87. The highest BCUT2D eigenvalue weighted by Gasteiger charge is 2.27. The number of unbranched alkanes of at least 4 members (excludes halogenated alkanes) is 1. The van der Waals surface area contributed by atoms with Crippen molar-refractivity contribution in [1.82, 2.24) is 4.72 Å². The quantitative estimate of drug-likeness (QED) is 0.224. The number of allylic oxidation sites excluding steroid dienone is 1. The monoisotopic (exact) mass is 643 g/mol. The Balaban J connectivity index is 1.48. The van der Waals surface area contributed by atoms with Gasteiger partial charge < -0.3 is 4.74 Å². The van der Waals surface area contributed by atoms with Crippen molar-refractivity contribution in [1.29, 1.82) is 0 Å². The maximum Gasteiger partial charge on any atom is 0.264 e. The number of amides is 1. The highest BCUT2D eigenvalue weighted by atomic mass is 35.5. The van der Waals surface area contributed by atoms with Gasteiger partial charge in [-0.1, -0.05) is 60.3 Å². The van der Waals surface area contributed by atoms with Crippen LogP contribution in [0.3, 0.4) is 0 Å². The number of hydrogen-bond acceptors (Lipinski definition) is 4. The number of nitrogens with one attached hydrogen (secondary N) is 1. The van der Waals surface area contributed by atoms with Crippen LogP contribution in [0, 0.1) is 5.92 Å². The van der Waals surface area contributed by atoms with Gasteiger partial charge in [-0.15, -0.1) is 0 Å². The normalized spacial score (nSPS) is 18.7. The predicted molar refractivity (Wildman–Crippen MR) is 172 cm³/mol. The fraction of sp³-hybridized carbons (Fsp3) is 0.382. The molecule has 0 saturated heterocycles. The number of rotatable bonds is 10. The van der Waals surface area contributed by atoms with Gasteiger partial charge in [0.1, 0.15) is 5.75 Å². The van der Waals surface area contributed by atoms with Crippen LogP contribution in [0.5, 0.6) is 5.75 Å². The molecule has 9 heteroatoms. The van der Waals surface area contributed by atoms with Gasteiger partial charge in [0, 0.05) is 15.6 Å². The molecule has 0 radical (unpaired) electrons. The molecule has 228 valence electrons. The summed E-state index contributed by atoms with van der Waals surface area (Å²) >= 11 is 13.0. The molecule has 0 aromatic heterocycles. The summed E-state index contributed by atoms with van der Waals surface area (Å²) in [5.41, 5.74) is 6.19. The number of carbonyl (C=O) groups excluding carboxylic acids is 1. The smallest absolute Gasteiger partial charge is 0.264 e. The van der Waals surface area contributed by atoms with Gasteiger partial charge in [0.15, 0.2) is 0 Å². The van der Waals surface area contributed by atoms with Gasteiger partial charge in [0.2, 0.25) is 10.0 Å². The minimum Gasteiger partial charge on any atom is -0.490 e. The number of alkyl halides is 1. The summed E-state index contributed by atoms with van der Waals surface area (Å²) in [6.07, 6.45) is 9.17. The minimum atomic E-state index is -3.69. The molecule has 1 fully saturated rings. The van der Waals surface area contributed by atoms with Crippen LogP contribution in [0.2, 0.25) is 10.0 Å². The number of aryl methyl sites for hydroxylation is 1. The van der Waals surface area contributed by atoms with Gasteiger partial charge in [-0.25, -0.2) is 13.1 Å². The van der Waals surface area contributed by atoms with Gasteiger partial charge >= 0.3 is 0 Å². The Morgan fingerprint density at radius 3 is 2.47 bits per heavy atom. The third kappa shape index (κ3) is 8.00. The average molecular weight is 645 g/mol. The second-order valence-electron chi connectivity index (χ2n) is 11.5. The molecule has 1 saturated carbocycles. The molecule has 1 unspecified atom stereocenters. The average Bonchev–Trinajstić information content (AvgIpc) is 3.31. The van der Waals surface area contributed by atoms with Crippen LogP contribution in [0.4, 0.5) is 4.39 Å². The van der Waals surface area contributed by atoms with E-state index in [0.717, 1.165) is 90.4 Å². The predicted octanol–water partition coefficient (Wildman–Crippen LogP) is 8.67. The maximum atomic E-state index is 12.7. The van der Waals surface area contributed by atoms with Crippen molar-refractivity contribution in [3.05, 3.63) is 98.5 Å². The first-order chi connectivity index (χ1) is 20.6. The van der Waals surface area contributed by atoms with Crippen LogP contribution in [0.25, 0.3) is 11.1 Å². The molecule has 2 aliphatic rings. The molecule has 2 aliphatic carbocycles. The molecule has 3 aromatic carbocycles. The van der Waals surface area contributed by atoms with Gasteiger partial charge in [0.05, 0.1) is 19.0 Å². The molecule has 5 nitrogen and oxygen atoms in total. The molecule has 1 N–H and O–H groups in total. The molecule has 5 rings (SSSR count). The third-order valence-corrected chi connectivity index (χ3v) is 9.38. The van der Waals surface area contributed by atoms with E-state index < -0.39 is 15.9 Å². The largest absolute Gasteiger partial charge is 0.490 e. The summed E-state index contributed by atoms with van der Waals surface area (Å²) in [6, 6.07) is 19.0. The van der Waals surface area contributed by atoms with Crippen molar-refractivity contribution in [2.45, 2.75) is 63.9 Å². The van der Waals surface area contributed by atoms with Crippen LogP contribution in [0.1, 0.15) is 84.0 Å². The molecule has 43 heavy (non-hydrogen) atoms. The Kier molecular flexibility index (Phi) is 10.2. The van der Waals surface area contributed by atoms with E-state index in [2.05, 4.69) is 16.9 Å². The zero-order valence-electron chi connectivity index (χ0n) is 24.2. The number of carbonyl (C=O) groups is 1. The van der Waals surface area contributed by atoms with E-state index in [1.165, 1.54) is 0 Å². The third-order valence-electron chi connectivity index (χ3n) is 8.28. The molecule has 0 aliphatic heterocycles. The highest BCUT2D eigenvalue weighted by Crippen LogP contribution is 2.43. The summed E-state index contributed by atoms with van der Waals surface area (Å²) < 4.78 is 44.2. The molecular formula is C34H36Cl2FNO4S. The number of ether oxygens (including phenoxy) is 1. The zero-order chi connectivity index (χ0) is 30.6. The first kappa shape index (κ1) is 31.6. The Bertz CT molecular complexity index is 1620. The number of hydrogen-bond donors (Lipinski definition) is 1. The number of fused-ring (bicyclic) bond motifs is 1. The zero-order valence-corrected chi connectivity index (χ0v) is 26.5. The van der Waals surface area contributed by atoms with Gasteiger partial charge in [-0.05, 0) is 121 Å². The molecule has 2 atom stereocenters. The van der Waals surface area contributed by atoms with Crippen LogP contribution in [0.15, 0.2) is 60.7 Å². The standard InChI is InChI=1S/C34H36Cl2FNO4S/c1-43(40,41)38-34(39)25-11-16-29-24(20-25)6-4-7-31(30-17-12-26(35)21-32(30)36)33(29)23-9-14-27(15-10-23)42-28-13-8-22(19-28)5-2-3-18-37/h9-12,14-17,20-22,28H,2-8,13,18-19H2,1H3,(H,38,39)/t22?,28-/m0/s1. The molecule has 0 spiro atoms. The van der Waals surface area contributed by atoms with Gasteiger partial charge in [0.25, 0.3) is 5.91 Å². The van der Waals surface area contributed by atoms with E-state index in [9.17, 15) is 17.6 Å². The minimum absolute atomic E-state index is 0.166. The van der Waals surface area contributed by atoms with E-state index in [1.54, 1.807) is 18.2 Å². The van der Waals surface area contributed by atoms with Crippen LogP contribution in [-0.4, -0.2) is 33.4 Å². The summed E-state index contributed by atoms with van der Waals surface area (Å²) in [5.74, 6) is 0.755. The SMILES string of the molecule is CS(=O)(=O)NC(=O)c1ccc2c(c1)CCCC(c1ccc(Cl)cc1Cl)=C2c1ccc(O[C@H]2CCC(CCCCF)C2)cc1. The summed E-state index contributed by atoms with van der Waals surface area (Å²) in [4.78, 5) is 12.7. The van der Waals surface area contributed by atoms with Gasteiger partial charge in [-0.3, -0.25) is 9.18 Å². The number of benzene rings is 3. The van der Waals surface area contributed by atoms with E-state index in [0.29, 0.717) is 34.4 Å². The second-order valence-corrected chi connectivity index (χ2v) is 14.1. The van der Waals surface area contributed by atoms with Crippen molar-refractivity contribution in [3.63, 3.8) is 0 Å².